The Morgan fingerprint density at radius 1 is 0.944 bits per heavy atom. The van der Waals surface area contributed by atoms with E-state index in [0.29, 0.717) is 6.04 Å². The molecule has 0 amide bonds. The van der Waals surface area contributed by atoms with Crippen molar-refractivity contribution in [3.05, 3.63) is 0 Å². The van der Waals surface area contributed by atoms with Crippen LogP contribution >= 0.6 is 0 Å². The van der Waals surface area contributed by atoms with Gasteiger partial charge >= 0.3 is 0 Å². The van der Waals surface area contributed by atoms with Crippen molar-refractivity contribution < 1.29 is 8.42 Å². The lowest BCUT2D eigenvalue weighted by atomic mass is 10.0. The number of hydrogen-bond acceptors (Lipinski definition) is 3. The zero-order valence-electron chi connectivity index (χ0n) is 11.5. The first-order valence-electron chi connectivity index (χ1n) is 7.35. The van der Waals surface area contributed by atoms with Gasteiger partial charge in [0.15, 0.2) is 0 Å². The van der Waals surface area contributed by atoms with Gasteiger partial charge in [0.2, 0.25) is 10.0 Å². The van der Waals surface area contributed by atoms with Crippen molar-refractivity contribution in [2.24, 2.45) is 0 Å². The van der Waals surface area contributed by atoms with Crippen molar-refractivity contribution in [1.29, 1.82) is 0 Å². The molecule has 0 unspecified atom stereocenters. The summed E-state index contributed by atoms with van der Waals surface area (Å²) in [6.45, 7) is 5.60. The first kappa shape index (κ1) is 14.3. The number of likely N-dealkylation sites (tertiary alicyclic amines) is 1. The van der Waals surface area contributed by atoms with Gasteiger partial charge in [-0.3, -0.25) is 0 Å². The smallest absolute Gasteiger partial charge is 0.213 e. The Bertz CT molecular complexity index is 340. The summed E-state index contributed by atoms with van der Waals surface area (Å²) in [6, 6.07) is 0.617. The zero-order valence-corrected chi connectivity index (χ0v) is 12.3. The molecule has 0 spiro atoms. The maximum atomic E-state index is 11.8. The fourth-order valence-electron chi connectivity index (χ4n) is 3.13. The van der Waals surface area contributed by atoms with Gasteiger partial charge in [-0.15, -0.1) is 0 Å². The van der Waals surface area contributed by atoms with Gasteiger partial charge in [0.05, 0.1) is 5.75 Å². The molecule has 0 aromatic heterocycles. The average molecular weight is 274 g/mol. The van der Waals surface area contributed by atoms with E-state index in [2.05, 4.69) is 4.90 Å². The molecule has 2 fully saturated rings. The van der Waals surface area contributed by atoms with E-state index < -0.39 is 10.0 Å². The Labute approximate surface area is 111 Å². The molecule has 0 atom stereocenters. The minimum absolute atomic E-state index is 0.237. The molecule has 2 aliphatic rings. The van der Waals surface area contributed by atoms with Crippen molar-refractivity contribution in [2.45, 2.75) is 51.5 Å². The molecule has 0 aromatic rings. The van der Waals surface area contributed by atoms with Crippen LogP contribution in [0.3, 0.4) is 0 Å². The lowest BCUT2D eigenvalue weighted by Gasteiger charge is -2.37. The second kappa shape index (κ2) is 6.35. The van der Waals surface area contributed by atoms with Gasteiger partial charge in [0.25, 0.3) is 0 Å². The predicted octanol–water partition coefficient (Wildman–Crippen LogP) is 1.68. The van der Waals surface area contributed by atoms with Crippen LogP contribution in [0, 0.1) is 0 Å². The fraction of sp³-hybridized carbons (Fsp3) is 1.00. The molecule has 106 valence electrons. The van der Waals surface area contributed by atoms with Gasteiger partial charge in [0.1, 0.15) is 0 Å². The van der Waals surface area contributed by atoms with E-state index in [1.807, 2.05) is 0 Å². The Hall–Kier alpha value is -0.130. The van der Waals surface area contributed by atoms with Crippen LogP contribution in [0.2, 0.25) is 0 Å². The molecule has 2 saturated heterocycles. The van der Waals surface area contributed by atoms with E-state index in [4.69, 9.17) is 0 Å². The highest BCUT2D eigenvalue weighted by molar-refractivity contribution is 7.89. The molecule has 0 N–H and O–H groups in total. The summed E-state index contributed by atoms with van der Waals surface area (Å²) >= 11 is 0. The van der Waals surface area contributed by atoms with Crippen LogP contribution in [-0.4, -0.2) is 55.6 Å². The molecule has 2 rings (SSSR count). The van der Waals surface area contributed by atoms with E-state index >= 15 is 0 Å². The third kappa shape index (κ3) is 3.45. The second-order valence-electron chi connectivity index (χ2n) is 5.48. The lowest BCUT2D eigenvalue weighted by Crippen LogP contribution is -2.47. The highest BCUT2D eigenvalue weighted by Crippen LogP contribution is 2.22. The Kier molecular flexibility index (Phi) is 5.04. The number of rotatable bonds is 3. The minimum Gasteiger partial charge on any atom is -0.300 e. The number of sulfonamides is 1. The summed E-state index contributed by atoms with van der Waals surface area (Å²) in [7, 11) is -2.97. The highest BCUT2D eigenvalue weighted by Gasteiger charge is 2.29. The quantitative estimate of drug-likeness (QED) is 0.786. The lowest BCUT2D eigenvalue weighted by molar-refractivity contribution is 0.144. The van der Waals surface area contributed by atoms with Crippen LogP contribution in [0.15, 0.2) is 0 Å². The first-order chi connectivity index (χ1) is 8.63. The van der Waals surface area contributed by atoms with Gasteiger partial charge < -0.3 is 4.90 Å². The average Bonchev–Trinajstić information content (AvgIpc) is 2.68. The summed E-state index contributed by atoms with van der Waals surface area (Å²) in [5.74, 6) is 0.237. The Morgan fingerprint density at radius 3 is 2.00 bits per heavy atom. The molecule has 18 heavy (non-hydrogen) atoms. The summed E-state index contributed by atoms with van der Waals surface area (Å²) in [5.41, 5.74) is 0. The molecular formula is C13H26N2O2S. The second-order valence-corrected chi connectivity index (χ2v) is 7.74. The van der Waals surface area contributed by atoms with Gasteiger partial charge in [-0.25, -0.2) is 12.7 Å². The molecule has 0 saturated carbocycles. The molecule has 0 radical (unpaired) electrons. The van der Waals surface area contributed by atoms with Gasteiger partial charge in [0, 0.05) is 19.1 Å². The molecule has 0 aromatic carbocycles. The van der Waals surface area contributed by atoms with E-state index in [9.17, 15) is 8.42 Å². The van der Waals surface area contributed by atoms with E-state index in [-0.39, 0.29) is 5.75 Å². The maximum Gasteiger partial charge on any atom is 0.213 e. The van der Waals surface area contributed by atoms with Crippen molar-refractivity contribution in [3.8, 4) is 0 Å². The van der Waals surface area contributed by atoms with Crippen molar-refractivity contribution in [3.63, 3.8) is 0 Å². The third-order valence-electron chi connectivity index (χ3n) is 4.34. The number of piperidine rings is 1. The highest BCUT2D eigenvalue weighted by atomic mass is 32.2. The standard InChI is InChI=1S/C13H26N2O2S/c1-2-18(16,17)15-11-7-13(8-12-15)14-9-5-3-4-6-10-14/h13H,2-12H2,1H3. The summed E-state index contributed by atoms with van der Waals surface area (Å²) < 4.78 is 25.3. The van der Waals surface area contributed by atoms with E-state index in [1.165, 1.54) is 38.8 Å². The fourth-order valence-corrected chi connectivity index (χ4v) is 4.26. The summed E-state index contributed by atoms with van der Waals surface area (Å²) in [4.78, 5) is 2.60. The number of hydrogen-bond donors (Lipinski definition) is 0. The molecule has 2 heterocycles. The van der Waals surface area contributed by atoms with E-state index in [1.54, 1.807) is 11.2 Å². The molecule has 4 nitrogen and oxygen atoms in total. The van der Waals surface area contributed by atoms with Crippen LogP contribution < -0.4 is 0 Å². The van der Waals surface area contributed by atoms with Crippen molar-refractivity contribution in [2.75, 3.05) is 31.9 Å². The summed E-state index contributed by atoms with van der Waals surface area (Å²) in [5, 5.41) is 0. The third-order valence-corrected chi connectivity index (χ3v) is 6.22. The van der Waals surface area contributed by atoms with Gasteiger partial charge in [-0.05, 0) is 45.7 Å². The predicted molar refractivity (Wildman–Crippen MR) is 74.1 cm³/mol. The zero-order chi connectivity index (χ0) is 13.0. The molecule has 5 heteroatoms. The van der Waals surface area contributed by atoms with Gasteiger partial charge in [-0.1, -0.05) is 12.8 Å². The molecule has 0 aliphatic carbocycles. The first-order valence-corrected chi connectivity index (χ1v) is 8.96. The Morgan fingerprint density at radius 2 is 1.50 bits per heavy atom. The number of nitrogens with zero attached hydrogens (tertiary/aromatic N) is 2. The Balaban J connectivity index is 1.86. The minimum atomic E-state index is -2.97. The van der Waals surface area contributed by atoms with Gasteiger partial charge in [-0.2, -0.15) is 0 Å². The summed E-state index contributed by atoms with van der Waals surface area (Å²) in [6.07, 6.45) is 7.37. The van der Waals surface area contributed by atoms with Crippen LogP contribution in [-0.2, 0) is 10.0 Å². The molecular weight excluding hydrogens is 248 g/mol. The van der Waals surface area contributed by atoms with Crippen molar-refractivity contribution >= 4 is 10.0 Å². The van der Waals surface area contributed by atoms with Crippen LogP contribution in [0.25, 0.3) is 0 Å². The van der Waals surface area contributed by atoms with Crippen LogP contribution in [0.1, 0.15) is 45.4 Å². The normalized spacial score (nSPS) is 26.1. The largest absolute Gasteiger partial charge is 0.300 e. The SMILES string of the molecule is CCS(=O)(=O)N1CCC(N2CCCCCC2)CC1. The monoisotopic (exact) mass is 274 g/mol. The molecule has 2 aliphatic heterocycles. The van der Waals surface area contributed by atoms with E-state index in [0.717, 1.165) is 25.9 Å². The maximum absolute atomic E-state index is 11.8. The molecule has 0 bridgehead atoms. The van der Waals surface area contributed by atoms with Crippen LogP contribution in [0.4, 0.5) is 0 Å². The van der Waals surface area contributed by atoms with Crippen LogP contribution in [0.5, 0.6) is 0 Å². The van der Waals surface area contributed by atoms with Crippen molar-refractivity contribution in [1.82, 2.24) is 9.21 Å². The topological polar surface area (TPSA) is 40.6 Å².